The summed E-state index contributed by atoms with van der Waals surface area (Å²) in [6.07, 6.45) is 1.39. The smallest absolute Gasteiger partial charge is 0.326 e. The molecule has 1 saturated heterocycles. The molecule has 1 aliphatic heterocycles. The number of methoxy groups -OCH3 is 1. The highest BCUT2D eigenvalue weighted by Gasteiger charge is 2.37. The summed E-state index contributed by atoms with van der Waals surface area (Å²) in [4.78, 5) is 36.9. The Kier molecular flexibility index (Phi) is 5.78. The lowest BCUT2D eigenvalue weighted by molar-refractivity contribution is -0.149. The first kappa shape index (κ1) is 17.8. The van der Waals surface area contributed by atoms with Gasteiger partial charge < -0.3 is 20.1 Å². The molecule has 7 nitrogen and oxygen atoms in total. The van der Waals surface area contributed by atoms with Gasteiger partial charge >= 0.3 is 5.97 Å². The van der Waals surface area contributed by atoms with Gasteiger partial charge in [0.25, 0.3) is 0 Å². The van der Waals surface area contributed by atoms with Crippen LogP contribution in [0.15, 0.2) is 24.3 Å². The highest BCUT2D eigenvalue weighted by atomic mass is 16.5. The molecular weight excluding hydrogens is 312 g/mol. The first-order chi connectivity index (χ1) is 11.4. The predicted molar refractivity (Wildman–Crippen MR) is 86.7 cm³/mol. The Balaban J connectivity index is 2.15. The SMILES string of the molecule is COc1ccc(C[C@@H](NC(C)=O)C(=O)N2CCCC2C(=O)O)cc1. The number of rotatable bonds is 6. The Labute approximate surface area is 140 Å². The first-order valence-corrected chi connectivity index (χ1v) is 7.85. The van der Waals surface area contributed by atoms with E-state index in [2.05, 4.69) is 5.32 Å². The lowest BCUT2D eigenvalue weighted by Gasteiger charge is -2.27. The summed E-state index contributed by atoms with van der Waals surface area (Å²) in [5.41, 5.74) is 0.856. The van der Waals surface area contributed by atoms with Gasteiger partial charge in [0.2, 0.25) is 11.8 Å². The third kappa shape index (κ3) is 4.24. The fourth-order valence-electron chi connectivity index (χ4n) is 2.93. The van der Waals surface area contributed by atoms with Gasteiger partial charge in [0, 0.05) is 19.9 Å². The van der Waals surface area contributed by atoms with Crippen LogP contribution in [-0.4, -0.2) is 53.5 Å². The van der Waals surface area contributed by atoms with Crippen molar-refractivity contribution in [1.29, 1.82) is 0 Å². The fraction of sp³-hybridized carbons (Fsp3) is 0.471. The van der Waals surface area contributed by atoms with Gasteiger partial charge in [-0.05, 0) is 30.5 Å². The molecule has 0 saturated carbocycles. The number of carboxylic acids is 1. The van der Waals surface area contributed by atoms with Crippen molar-refractivity contribution in [2.75, 3.05) is 13.7 Å². The van der Waals surface area contributed by atoms with Crippen LogP contribution in [0.2, 0.25) is 0 Å². The normalized spacial score (nSPS) is 18.1. The van der Waals surface area contributed by atoms with Crippen LogP contribution in [0.3, 0.4) is 0 Å². The summed E-state index contributed by atoms with van der Waals surface area (Å²) in [6.45, 7) is 1.74. The second-order valence-electron chi connectivity index (χ2n) is 5.83. The van der Waals surface area contributed by atoms with Crippen molar-refractivity contribution >= 4 is 17.8 Å². The lowest BCUT2D eigenvalue weighted by atomic mass is 10.0. The average molecular weight is 334 g/mol. The van der Waals surface area contributed by atoms with Crippen LogP contribution in [0.5, 0.6) is 5.75 Å². The molecule has 1 aromatic rings. The van der Waals surface area contributed by atoms with Crippen LogP contribution in [0.1, 0.15) is 25.3 Å². The van der Waals surface area contributed by atoms with E-state index in [0.717, 1.165) is 5.56 Å². The molecule has 0 aromatic heterocycles. The van der Waals surface area contributed by atoms with E-state index in [0.29, 0.717) is 31.6 Å². The zero-order valence-corrected chi connectivity index (χ0v) is 13.8. The zero-order chi connectivity index (χ0) is 17.7. The molecule has 0 aliphatic carbocycles. The quantitative estimate of drug-likeness (QED) is 0.803. The molecule has 1 fully saturated rings. The maximum absolute atomic E-state index is 12.7. The summed E-state index contributed by atoms with van der Waals surface area (Å²) < 4.78 is 5.10. The van der Waals surface area contributed by atoms with Crippen LogP contribution >= 0.6 is 0 Å². The molecule has 1 aliphatic rings. The maximum atomic E-state index is 12.7. The number of aliphatic carboxylic acids is 1. The average Bonchev–Trinajstić information content (AvgIpc) is 3.03. The first-order valence-electron chi connectivity index (χ1n) is 7.85. The Hall–Kier alpha value is -2.57. The molecule has 7 heteroatoms. The van der Waals surface area contributed by atoms with Gasteiger partial charge in [0.05, 0.1) is 7.11 Å². The standard InChI is InChI=1S/C17H22N2O5/c1-11(20)18-14(10-12-5-7-13(24-2)8-6-12)16(21)19-9-3-4-15(19)17(22)23/h5-8,14-15H,3-4,9-10H2,1-2H3,(H,18,20)(H,22,23)/t14-,15?/m1/s1. The summed E-state index contributed by atoms with van der Waals surface area (Å²) in [6, 6.07) is 5.60. The Bertz CT molecular complexity index is 614. The number of hydrogen-bond acceptors (Lipinski definition) is 4. The monoisotopic (exact) mass is 334 g/mol. The van der Waals surface area contributed by atoms with E-state index in [1.807, 2.05) is 12.1 Å². The van der Waals surface area contributed by atoms with Crippen LogP contribution in [0.4, 0.5) is 0 Å². The van der Waals surface area contributed by atoms with Gasteiger partial charge in [-0.15, -0.1) is 0 Å². The number of carbonyl (C=O) groups is 3. The van der Waals surface area contributed by atoms with Crippen molar-refractivity contribution in [3.63, 3.8) is 0 Å². The molecule has 24 heavy (non-hydrogen) atoms. The number of nitrogens with zero attached hydrogens (tertiary/aromatic N) is 1. The lowest BCUT2D eigenvalue weighted by Crippen LogP contribution is -2.52. The van der Waals surface area contributed by atoms with Crippen molar-refractivity contribution in [2.45, 2.75) is 38.3 Å². The molecule has 2 N–H and O–H groups in total. The Morgan fingerprint density at radius 3 is 2.54 bits per heavy atom. The number of carboxylic acid groups (broad SMARTS) is 1. The number of likely N-dealkylation sites (tertiary alicyclic amines) is 1. The molecule has 130 valence electrons. The molecule has 1 unspecified atom stereocenters. The molecule has 0 bridgehead atoms. The molecular formula is C17H22N2O5. The maximum Gasteiger partial charge on any atom is 0.326 e. The highest BCUT2D eigenvalue weighted by molar-refractivity contribution is 5.90. The Morgan fingerprint density at radius 1 is 1.33 bits per heavy atom. The van der Waals surface area contributed by atoms with Gasteiger partial charge in [-0.2, -0.15) is 0 Å². The third-order valence-corrected chi connectivity index (χ3v) is 4.10. The topological polar surface area (TPSA) is 95.9 Å². The van der Waals surface area contributed by atoms with Crippen LogP contribution in [0.25, 0.3) is 0 Å². The van der Waals surface area contributed by atoms with E-state index in [1.165, 1.54) is 11.8 Å². The van der Waals surface area contributed by atoms with Crippen molar-refractivity contribution in [2.24, 2.45) is 0 Å². The minimum absolute atomic E-state index is 0.297. The van der Waals surface area contributed by atoms with Crippen molar-refractivity contribution in [3.05, 3.63) is 29.8 Å². The van der Waals surface area contributed by atoms with Crippen LogP contribution < -0.4 is 10.1 Å². The summed E-state index contributed by atoms with van der Waals surface area (Å²) in [7, 11) is 1.57. The van der Waals surface area contributed by atoms with Crippen LogP contribution in [-0.2, 0) is 20.8 Å². The summed E-state index contributed by atoms with van der Waals surface area (Å²) in [5.74, 6) is -0.989. The van der Waals surface area contributed by atoms with Gasteiger partial charge in [0.1, 0.15) is 17.8 Å². The molecule has 1 heterocycles. The molecule has 0 spiro atoms. The number of ether oxygens (including phenoxy) is 1. The van der Waals surface area contributed by atoms with Gasteiger partial charge in [-0.3, -0.25) is 9.59 Å². The fourth-order valence-corrected chi connectivity index (χ4v) is 2.93. The number of benzene rings is 1. The zero-order valence-electron chi connectivity index (χ0n) is 13.8. The second kappa shape index (κ2) is 7.81. The predicted octanol–water partition coefficient (Wildman–Crippen LogP) is 0.818. The second-order valence-corrected chi connectivity index (χ2v) is 5.83. The minimum Gasteiger partial charge on any atom is -0.497 e. The van der Waals surface area contributed by atoms with E-state index in [9.17, 15) is 19.5 Å². The number of nitrogens with one attached hydrogen (secondary N) is 1. The van der Waals surface area contributed by atoms with E-state index in [4.69, 9.17) is 4.74 Å². The molecule has 2 amide bonds. The molecule has 2 rings (SSSR count). The molecule has 1 aromatic carbocycles. The van der Waals surface area contributed by atoms with E-state index in [-0.39, 0.29) is 11.8 Å². The molecule has 0 radical (unpaired) electrons. The van der Waals surface area contributed by atoms with Crippen molar-refractivity contribution in [1.82, 2.24) is 10.2 Å². The van der Waals surface area contributed by atoms with E-state index in [1.54, 1.807) is 19.2 Å². The molecule has 2 atom stereocenters. The summed E-state index contributed by atoms with van der Waals surface area (Å²) >= 11 is 0. The number of hydrogen-bond donors (Lipinski definition) is 2. The van der Waals surface area contributed by atoms with Crippen LogP contribution in [0, 0.1) is 0 Å². The van der Waals surface area contributed by atoms with Gasteiger partial charge in [-0.25, -0.2) is 4.79 Å². The van der Waals surface area contributed by atoms with Gasteiger partial charge in [0.15, 0.2) is 0 Å². The largest absolute Gasteiger partial charge is 0.497 e. The van der Waals surface area contributed by atoms with E-state index < -0.39 is 18.1 Å². The summed E-state index contributed by atoms with van der Waals surface area (Å²) in [5, 5.41) is 11.9. The number of amides is 2. The third-order valence-electron chi connectivity index (χ3n) is 4.10. The Morgan fingerprint density at radius 2 is 2.00 bits per heavy atom. The minimum atomic E-state index is -1.01. The highest BCUT2D eigenvalue weighted by Crippen LogP contribution is 2.20. The van der Waals surface area contributed by atoms with Crippen molar-refractivity contribution in [3.8, 4) is 5.75 Å². The van der Waals surface area contributed by atoms with Crippen molar-refractivity contribution < 1.29 is 24.2 Å². The van der Waals surface area contributed by atoms with Gasteiger partial charge in [-0.1, -0.05) is 12.1 Å². The number of carbonyl (C=O) groups excluding carboxylic acids is 2. The van der Waals surface area contributed by atoms with E-state index >= 15 is 0 Å².